The van der Waals surface area contributed by atoms with Gasteiger partial charge in [0.05, 0.1) is 0 Å². The molecule has 1 atom stereocenters. The first kappa shape index (κ1) is 13.5. The molecule has 0 saturated heterocycles. The van der Waals surface area contributed by atoms with Gasteiger partial charge in [-0.1, -0.05) is 13.8 Å². The summed E-state index contributed by atoms with van der Waals surface area (Å²) >= 11 is 0. The van der Waals surface area contributed by atoms with Gasteiger partial charge in [0, 0.05) is 22.9 Å². The van der Waals surface area contributed by atoms with E-state index in [-0.39, 0.29) is 17.5 Å². The van der Waals surface area contributed by atoms with Crippen LogP contribution in [-0.2, 0) is 0 Å². The van der Waals surface area contributed by atoms with Crippen molar-refractivity contribution in [2.24, 2.45) is 5.92 Å². The van der Waals surface area contributed by atoms with Crippen LogP contribution in [0.15, 0.2) is 12.1 Å². The predicted molar refractivity (Wildman–Crippen MR) is 67.3 cm³/mol. The van der Waals surface area contributed by atoms with E-state index in [0.717, 1.165) is 0 Å². The van der Waals surface area contributed by atoms with E-state index in [1.54, 1.807) is 6.92 Å². The van der Waals surface area contributed by atoms with Crippen molar-refractivity contribution in [2.75, 3.05) is 5.73 Å². The molecule has 0 aliphatic heterocycles. The highest BCUT2D eigenvalue weighted by Crippen LogP contribution is 2.17. The lowest BCUT2D eigenvalue weighted by Crippen LogP contribution is -2.36. The van der Waals surface area contributed by atoms with Gasteiger partial charge in [0.1, 0.15) is 5.82 Å². The Morgan fingerprint density at radius 2 is 1.94 bits per heavy atom. The molecular formula is C13H19FN2O. The summed E-state index contributed by atoms with van der Waals surface area (Å²) in [6.07, 6.45) is 0. The first-order chi connectivity index (χ1) is 7.82. The molecule has 17 heavy (non-hydrogen) atoms. The molecule has 0 fully saturated rings. The maximum Gasteiger partial charge on any atom is 0.251 e. The number of carbonyl (C=O) groups excluding carboxylic acids is 1. The number of nitrogens with one attached hydrogen (secondary N) is 1. The van der Waals surface area contributed by atoms with Gasteiger partial charge in [-0.15, -0.1) is 0 Å². The molecule has 1 amide bonds. The zero-order chi connectivity index (χ0) is 13.2. The number of halogens is 1. The van der Waals surface area contributed by atoms with Gasteiger partial charge >= 0.3 is 0 Å². The molecule has 0 bridgehead atoms. The summed E-state index contributed by atoms with van der Waals surface area (Å²) in [4.78, 5) is 11.8. The van der Waals surface area contributed by atoms with Gasteiger partial charge < -0.3 is 11.1 Å². The smallest absolute Gasteiger partial charge is 0.251 e. The minimum Gasteiger partial charge on any atom is -0.398 e. The van der Waals surface area contributed by atoms with Gasteiger partial charge in [-0.2, -0.15) is 0 Å². The van der Waals surface area contributed by atoms with Gasteiger partial charge in [0.2, 0.25) is 0 Å². The maximum absolute atomic E-state index is 13.4. The molecule has 3 N–H and O–H groups in total. The van der Waals surface area contributed by atoms with Crippen molar-refractivity contribution < 1.29 is 9.18 Å². The molecule has 0 saturated carbocycles. The van der Waals surface area contributed by atoms with Crippen molar-refractivity contribution in [3.05, 3.63) is 29.1 Å². The largest absolute Gasteiger partial charge is 0.398 e. The zero-order valence-corrected chi connectivity index (χ0v) is 10.7. The van der Waals surface area contributed by atoms with Crippen LogP contribution in [0.2, 0.25) is 0 Å². The number of amides is 1. The topological polar surface area (TPSA) is 55.1 Å². The average Bonchev–Trinajstić information content (AvgIpc) is 2.24. The average molecular weight is 238 g/mol. The SMILES string of the molecule is Cc1c(N)cc(C(=O)NC(C)C(C)C)cc1F. The molecule has 3 nitrogen and oxygen atoms in total. The van der Waals surface area contributed by atoms with E-state index in [0.29, 0.717) is 17.2 Å². The van der Waals surface area contributed by atoms with Crippen LogP contribution in [0.25, 0.3) is 0 Å². The number of nitrogen functional groups attached to an aromatic ring is 1. The zero-order valence-electron chi connectivity index (χ0n) is 10.7. The molecule has 1 aromatic rings. The van der Waals surface area contributed by atoms with Crippen LogP contribution >= 0.6 is 0 Å². The van der Waals surface area contributed by atoms with Crippen LogP contribution in [-0.4, -0.2) is 11.9 Å². The van der Waals surface area contributed by atoms with Crippen molar-refractivity contribution in [1.29, 1.82) is 0 Å². The highest BCUT2D eigenvalue weighted by Gasteiger charge is 2.14. The molecule has 0 aromatic heterocycles. The molecule has 0 aliphatic rings. The summed E-state index contributed by atoms with van der Waals surface area (Å²) in [6.45, 7) is 7.52. The van der Waals surface area contributed by atoms with Crippen molar-refractivity contribution >= 4 is 11.6 Å². The second-order valence-electron chi connectivity index (χ2n) is 4.68. The lowest BCUT2D eigenvalue weighted by Gasteiger charge is -2.17. The number of anilines is 1. The van der Waals surface area contributed by atoms with Crippen LogP contribution in [0.5, 0.6) is 0 Å². The predicted octanol–water partition coefficient (Wildman–Crippen LogP) is 2.49. The number of rotatable bonds is 3. The Morgan fingerprint density at radius 1 is 1.35 bits per heavy atom. The van der Waals surface area contributed by atoms with E-state index >= 15 is 0 Å². The third-order valence-corrected chi connectivity index (χ3v) is 3.01. The third-order valence-electron chi connectivity index (χ3n) is 3.01. The molecule has 4 heteroatoms. The molecule has 1 aromatic carbocycles. The quantitative estimate of drug-likeness (QED) is 0.795. The van der Waals surface area contributed by atoms with E-state index < -0.39 is 5.82 Å². The van der Waals surface area contributed by atoms with E-state index in [9.17, 15) is 9.18 Å². The Kier molecular flexibility index (Phi) is 4.10. The van der Waals surface area contributed by atoms with Crippen LogP contribution in [0.3, 0.4) is 0 Å². The van der Waals surface area contributed by atoms with Crippen LogP contribution in [0.4, 0.5) is 10.1 Å². The van der Waals surface area contributed by atoms with Crippen LogP contribution in [0.1, 0.15) is 36.7 Å². The Hall–Kier alpha value is -1.58. The minimum atomic E-state index is -0.452. The summed E-state index contributed by atoms with van der Waals surface area (Å²) in [5.41, 5.74) is 6.56. The Morgan fingerprint density at radius 3 is 2.41 bits per heavy atom. The van der Waals surface area contributed by atoms with Gasteiger partial charge in [0.25, 0.3) is 5.91 Å². The monoisotopic (exact) mass is 238 g/mol. The fourth-order valence-corrected chi connectivity index (χ4v) is 1.29. The molecule has 0 heterocycles. The Balaban J connectivity index is 2.90. The van der Waals surface area contributed by atoms with Gasteiger partial charge in [-0.25, -0.2) is 4.39 Å². The summed E-state index contributed by atoms with van der Waals surface area (Å²) in [7, 11) is 0. The molecule has 1 rings (SSSR count). The van der Waals surface area contributed by atoms with Crippen molar-refractivity contribution in [1.82, 2.24) is 5.32 Å². The fraction of sp³-hybridized carbons (Fsp3) is 0.462. The second-order valence-corrected chi connectivity index (χ2v) is 4.68. The number of hydrogen-bond donors (Lipinski definition) is 2. The van der Waals surface area contributed by atoms with Gasteiger partial charge in [0.15, 0.2) is 0 Å². The van der Waals surface area contributed by atoms with Crippen LogP contribution < -0.4 is 11.1 Å². The maximum atomic E-state index is 13.4. The molecule has 0 aliphatic carbocycles. The lowest BCUT2D eigenvalue weighted by molar-refractivity contribution is 0.0930. The summed E-state index contributed by atoms with van der Waals surface area (Å²) in [5.74, 6) is -0.421. The summed E-state index contributed by atoms with van der Waals surface area (Å²) in [6, 6.07) is 2.75. The molecule has 1 unspecified atom stereocenters. The number of benzene rings is 1. The molecule has 0 radical (unpaired) electrons. The van der Waals surface area contributed by atoms with E-state index in [4.69, 9.17) is 5.73 Å². The summed E-state index contributed by atoms with van der Waals surface area (Å²) in [5, 5.41) is 2.81. The standard InChI is InChI=1S/C13H19FN2O/c1-7(2)9(4)16-13(17)10-5-11(14)8(3)12(15)6-10/h5-7,9H,15H2,1-4H3,(H,16,17). The third kappa shape index (κ3) is 3.19. The van der Waals surface area contributed by atoms with Gasteiger partial charge in [-0.3, -0.25) is 4.79 Å². The minimum absolute atomic E-state index is 0.0353. The Labute approximate surface area is 101 Å². The van der Waals surface area contributed by atoms with Crippen molar-refractivity contribution in [3.8, 4) is 0 Å². The first-order valence-corrected chi connectivity index (χ1v) is 5.69. The highest BCUT2D eigenvalue weighted by atomic mass is 19.1. The van der Waals surface area contributed by atoms with E-state index in [1.807, 2.05) is 20.8 Å². The second kappa shape index (κ2) is 5.17. The molecular weight excluding hydrogens is 219 g/mol. The number of carbonyl (C=O) groups is 1. The first-order valence-electron chi connectivity index (χ1n) is 5.69. The Bertz CT molecular complexity index is 406. The van der Waals surface area contributed by atoms with E-state index in [1.165, 1.54) is 12.1 Å². The summed E-state index contributed by atoms with van der Waals surface area (Å²) < 4.78 is 13.4. The lowest BCUT2D eigenvalue weighted by atomic mass is 10.0. The van der Waals surface area contributed by atoms with E-state index in [2.05, 4.69) is 5.32 Å². The number of nitrogens with two attached hydrogens (primary N) is 1. The van der Waals surface area contributed by atoms with Crippen LogP contribution in [0, 0.1) is 18.7 Å². The number of hydrogen-bond acceptors (Lipinski definition) is 2. The van der Waals surface area contributed by atoms with Crippen molar-refractivity contribution in [2.45, 2.75) is 33.7 Å². The fourth-order valence-electron chi connectivity index (χ4n) is 1.29. The van der Waals surface area contributed by atoms with Gasteiger partial charge in [-0.05, 0) is 31.9 Å². The molecule has 94 valence electrons. The normalized spacial score (nSPS) is 12.6. The highest BCUT2D eigenvalue weighted by molar-refractivity contribution is 5.95. The molecule has 0 spiro atoms. The van der Waals surface area contributed by atoms with Crippen molar-refractivity contribution in [3.63, 3.8) is 0 Å².